The van der Waals surface area contributed by atoms with E-state index in [-0.39, 0.29) is 47.6 Å². The van der Waals surface area contributed by atoms with Crippen LogP contribution in [-0.4, -0.2) is 63.0 Å². The fourth-order valence-electron chi connectivity index (χ4n) is 2.81. The van der Waals surface area contributed by atoms with E-state index in [9.17, 15) is 8.42 Å². The summed E-state index contributed by atoms with van der Waals surface area (Å²) in [5.74, 6) is 1.16. The summed E-state index contributed by atoms with van der Waals surface area (Å²) in [7, 11) is -0.795. The van der Waals surface area contributed by atoms with Crippen molar-refractivity contribution < 1.29 is 8.42 Å². The SMILES string of the molecule is CCNC(=NCC(C)N(C)Cc1ccccc1)NC1CCS(=O)(=O)C1.I. The Kier molecular flexibility index (Phi) is 9.88. The summed E-state index contributed by atoms with van der Waals surface area (Å²) in [6.45, 7) is 6.43. The van der Waals surface area contributed by atoms with Gasteiger partial charge in [0.2, 0.25) is 0 Å². The van der Waals surface area contributed by atoms with Crippen LogP contribution in [0.1, 0.15) is 25.8 Å². The normalized spacial score (nSPS) is 20.5. The monoisotopic (exact) mass is 494 g/mol. The zero-order valence-corrected chi connectivity index (χ0v) is 19.0. The van der Waals surface area contributed by atoms with Crippen LogP contribution in [0.4, 0.5) is 0 Å². The van der Waals surface area contributed by atoms with Gasteiger partial charge in [-0.15, -0.1) is 24.0 Å². The van der Waals surface area contributed by atoms with Gasteiger partial charge in [-0.05, 0) is 32.9 Å². The van der Waals surface area contributed by atoms with E-state index in [0.29, 0.717) is 18.9 Å². The lowest BCUT2D eigenvalue weighted by Gasteiger charge is -2.24. The third kappa shape index (κ3) is 7.79. The summed E-state index contributed by atoms with van der Waals surface area (Å²) in [6.07, 6.45) is 0.649. The highest BCUT2D eigenvalue weighted by Gasteiger charge is 2.28. The summed E-state index contributed by atoms with van der Waals surface area (Å²) in [5.41, 5.74) is 1.28. The Labute approximate surface area is 174 Å². The molecule has 8 heteroatoms. The molecule has 0 amide bonds. The Morgan fingerprint density at radius 2 is 2.04 bits per heavy atom. The second-order valence-corrected chi connectivity index (χ2v) is 8.94. The van der Waals surface area contributed by atoms with Crippen molar-refractivity contribution in [1.82, 2.24) is 15.5 Å². The number of sulfone groups is 1. The number of likely N-dealkylation sites (N-methyl/N-ethyl adjacent to an activating group) is 1. The molecule has 0 spiro atoms. The average molecular weight is 494 g/mol. The Hall–Kier alpha value is -0.870. The molecule has 1 aliphatic heterocycles. The number of hydrogen-bond acceptors (Lipinski definition) is 4. The lowest BCUT2D eigenvalue weighted by Crippen LogP contribution is -2.44. The van der Waals surface area contributed by atoms with Crippen molar-refractivity contribution in [2.75, 3.05) is 31.6 Å². The summed E-state index contributed by atoms with van der Waals surface area (Å²) in [4.78, 5) is 6.91. The number of hydrogen-bond donors (Lipinski definition) is 2. The minimum absolute atomic E-state index is 0. The van der Waals surface area contributed by atoms with E-state index in [1.807, 2.05) is 13.0 Å². The first-order chi connectivity index (χ1) is 11.9. The Bertz CT molecular complexity index is 667. The first kappa shape index (κ1) is 23.2. The van der Waals surface area contributed by atoms with Crippen LogP contribution >= 0.6 is 24.0 Å². The molecule has 0 bridgehead atoms. The molecule has 2 atom stereocenters. The maximum Gasteiger partial charge on any atom is 0.191 e. The van der Waals surface area contributed by atoms with Gasteiger partial charge in [0.15, 0.2) is 15.8 Å². The molecule has 2 rings (SSSR count). The minimum atomic E-state index is -2.89. The van der Waals surface area contributed by atoms with Crippen LogP contribution in [0.25, 0.3) is 0 Å². The smallest absolute Gasteiger partial charge is 0.191 e. The third-order valence-electron chi connectivity index (χ3n) is 4.46. The minimum Gasteiger partial charge on any atom is -0.357 e. The molecule has 2 N–H and O–H groups in total. The van der Waals surface area contributed by atoms with Crippen LogP contribution in [0, 0.1) is 0 Å². The van der Waals surface area contributed by atoms with Gasteiger partial charge in [-0.2, -0.15) is 0 Å². The number of guanidine groups is 1. The van der Waals surface area contributed by atoms with Crippen molar-refractivity contribution in [3.05, 3.63) is 35.9 Å². The van der Waals surface area contributed by atoms with Gasteiger partial charge in [-0.25, -0.2) is 8.42 Å². The van der Waals surface area contributed by atoms with Gasteiger partial charge in [0, 0.05) is 25.2 Å². The van der Waals surface area contributed by atoms with Gasteiger partial charge in [-0.3, -0.25) is 9.89 Å². The number of nitrogens with one attached hydrogen (secondary N) is 2. The quantitative estimate of drug-likeness (QED) is 0.344. The second-order valence-electron chi connectivity index (χ2n) is 6.71. The van der Waals surface area contributed by atoms with Crippen LogP contribution in [-0.2, 0) is 16.4 Å². The molecule has 1 aromatic carbocycles. The van der Waals surface area contributed by atoms with E-state index in [0.717, 1.165) is 13.1 Å². The van der Waals surface area contributed by atoms with Gasteiger partial charge in [0.1, 0.15) is 0 Å². The number of halogens is 1. The predicted molar refractivity (Wildman–Crippen MR) is 119 cm³/mol. The maximum atomic E-state index is 11.6. The van der Waals surface area contributed by atoms with Crippen molar-refractivity contribution in [3.63, 3.8) is 0 Å². The van der Waals surface area contributed by atoms with E-state index >= 15 is 0 Å². The maximum absolute atomic E-state index is 11.6. The van der Waals surface area contributed by atoms with Crippen LogP contribution in [0.2, 0.25) is 0 Å². The van der Waals surface area contributed by atoms with Crippen LogP contribution in [0.3, 0.4) is 0 Å². The van der Waals surface area contributed by atoms with E-state index in [4.69, 9.17) is 0 Å². The molecule has 26 heavy (non-hydrogen) atoms. The van der Waals surface area contributed by atoms with Crippen molar-refractivity contribution in [2.24, 2.45) is 4.99 Å². The molecule has 2 unspecified atom stereocenters. The number of aliphatic imine (C=N–C) groups is 1. The van der Waals surface area contributed by atoms with Gasteiger partial charge in [-0.1, -0.05) is 30.3 Å². The van der Waals surface area contributed by atoms with Crippen molar-refractivity contribution in [1.29, 1.82) is 0 Å². The van der Waals surface area contributed by atoms with Crippen molar-refractivity contribution >= 4 is 39.8 Å². The van der Waals surface area contributed by atoms with E-state index in [2.05, 4.69) is 58.8 Å². The largest absolute Gasteiger partial charge is 0.357 e. The van der Waals surface area contributed by atoms with Crippen LogP contribution < -0.4 is 10.6 Å². The molecule has 0 aliphatic carbocycles. The lowest BCUT2D eigenvalue weighted by atomic mass is 10.2. The molecular weight excluding hydrogens is 463 g/mol. The third-order valence-corrected chi connectivity index (χ3v) is 6.23. The van der Waals surface area contributed by atoms with Crippen molar-refractivity contribution in [3.8, 4) is 0 Å². The standard InChI is InChI=1S/C18H30N4O2S.HI/c1-4-19-18(21-17-10-11-25(23,24)14-17)20-12-15(2)22(3)13-16-8-6-5-7-9-16;/h5-9,15,17H,4,10-14H2,1-3H3,(H2,19,20,21);1H. The molecule has 1 fully saturated rings. The topological polar surface area (TPSA) is 73.8 Å². The number of rotatable bonds is 7. The second kappa shape index (κ2) is 11.1. The van der Waals surface area contributed by atoms with Crippen LogP contribution in [0.15, 0.2) is 35.3 Å². The molecule has 0 saturated carbocycles. The molecule has 6 nitrogen and oxygen atoms in total. The first-order valence-corrected chi connectivity index (χ1v) is 10.7. The van der Waals surface area contributed by atoms with Gasteiger partial charge >= 0.3 is 0 Å². The molecule has 148 valence electrons. The van der Waals surface area contributed by atoms with Gasteiger partial charge < -0.3 is 10.6 Å². The van der Waals surface area contributed by atoms with Crippen molar-refractivity contribution in [2.45, 2.75) is 38.9 Å². The Morgan fingerprint density at radius 3 is 2.62 bits per heavy atom. The fraction of sp³-hybridized carbons (Fsp3) is 0.611. The molecular formula is C18H31IN4O2S. The zero-order valence-electron chi connectivity index (χ0n) is 15.8. The molecule has 1 heterocycles. The highest BCUT2D eigenvalue weighted by Crippen LogP contribution is 2.11. The zero-order chi connectivity index (χ0) is 18.3. The highest BCUT2D eigenvalue weighted by molar-refractivity contribution is 14.0. The number of benzene rings is 1. The average Bonchev–Trinajstić information content (AvgIpc) is 2.92. The predicted octanol–water partition coefficient (Wildman–Crippen LogP) is 1.87. The molecule has 0 radical (unpaired) electrons. The Morgan fingerprint density at radius 1 is 1.35 bits per heavy atom. The van der Waals surface area contributed by atoms with Crippen LogP contribution in [0.5, 0.6) is 0 Å². The van der Waals surface area contributed by atoms with E-state index < -0.39 is 9.84 Å². The lowest BCUT2D eigenvalue weighted by molar-refractivity contribution is 0.255. The molecule has 1 saturated heterocycles. The highest BCUT2D eigenvalue weighted by atomic mass is 127. The molecule has 1 aromatic rings. The fourth-order valence-corrected chi connectivity index (χ4v) is 4.49. The van der Waals surface area contributed by atoms with Gasteiger partial charge in [0.25, 0.3) is 0 Å². The van der Waals surface area contributed by atoms with E-state index in [1.54, 1.807) is 0 Å². The number of nitrogens with zero attached hydrogens (tertiary/aromatic N) is 2. The summed E-state index contributed by atoms with van der Waals surface area (Å²) < 4.78 is 23.2. The summed E-state index contributed by atoms with van der Waals surface area (Å²) >= 11 is 0. The first-order valence-electron chi connectivity index (χ1n) is 8.89. The summed E-state index contributed by atoms with van der Waals surface area (Å²) in [5, 5.41) is 6.46. The summed E-state index contributed by atoms with van der Waals surface area (Å²) in [6, 6.07) is 10.6. The molecule has 0 aromatic heterocycles. The Balaban J connectivity index is 0.00000338. The van der Waals surface area contributed by atoms with Gasteiger partial charge in [0.05, 0.1) is 18.1 Å². The molecule has 1 aliphatic rings. The van der Waals surface area contributed by atoms with E-state index in [1.165, 1.54) is 5.56 Å².